The van der Waals surface area contributed by atoms with Gasteiger partial charge in [-0.3, -0.25) is 9.13 Å². The Labute approximate surface area is 208 Å². The maximum Gasteiger partial charge on any atom is 0.330 e. The lowest BCUT2D eigenvalue weighted by molar-refractivity contribution is 0.248. The predicted octanol–water partition coefficient (Wildman–Crippen LogP) is 2.72. The topological polar surface area (TPSA) is 113 Å². The second-order valence-electron chi connectivity index (χ2n) is 8.64. The molecule has 0 saturated heterocycles. The van der Waals surface area contributed by atoms with Crippen molar-refractivity contribution < 1.29 is 18.4 Å². The number of hydrogen-bond acceptors (Lipinski definition) is 5. The van der Waals surface area contributed by atoms with Gasteiger partial charge in [0.15, 0.2) is 11.5 Å². The maximum absolute atomic E-state index is 13.7. The molecule has 35 heavy (non-hydrogen) atoms. The molecule has 9 heteroatoms. The van der Waals surface area contributed by atoms with Crippen molar-refractivity contribution in [3.05, 3.63) is 68.6 Å². The molecule has 0 unspecified atom stereocenters. The molecule has 0 aliphatic carbocycles. The van der Waals surface area contributed by atoms with Crippen LogP contribution in [-0.2, 0) is 19.5 Å². The zero-order valence-electron chi connectivity index (χ0n) is 23.3. The third-order valence-corrected chi connectivity index (χ3v) is 6.17. The summed E-state index contributed by atoms with van der Waals surface area (Å²) in [4.78, 5) is 29.9. The first-order valence-electron chi connectivity index (χ1n) is 12.8. The summed E-state index contributed by atoms with van der Waals surface area (Å²) in [5.74, 6) is 0.355. The number of hydrogen-bond donors (Lipinski definition) is 2. The van der Waals surface area contributed by atoms with Crippen molar-refractivity contribution >= 4 is 11.7 Å². The fourth-order valence-electron chi connectivity index (χ4n) is 4.64. The highest BCUT2D eigenvalue weighted by atomic mass is 16.5. The van der Waals surface area contributed by atoms with Crippen molar-refractivity contribution in [3.8, 4) is 22.8 Å². The SMILES string of the molecule is [2H]C([2H])([2H])Oc1cc2c(cc1OC)-c1c/c(=N\c3c(C)cc(C)cc3C)n(CCNC(N)=O)c(=O)n1CC2. The van der Waals surface area contributed by atoms with Crippen LogP contribution in [0.1, 0.15) is 26.4 Å². The Bertz CT molecular complexity index is 1520. The van der Waals surface area contributed by atoms with Crippen molar-refractivity contribution in [3.63, 3.8) is 0 Å². The van der Waals surface area contributed by atoms with Crippen molar-refractivity contribution in [1.29, 1.82) is 0 Å². The van der Waals surface area contributed by atoms with Gasteiger partial charge < -0.3 is 20.5 Å². The molecule has 0 fully saturated rings. The Morgan fingerprint density at radius 3 is 2.51 bits per heavy atom. The number of primary amides is 1. The fourth-order valence-corrected chi connectivity index (χ4v) is 4.64. The van der Waals surface area contributed by atoms with Crippen LogP contribution in [0.3, 0.4) is 0 Å². The smallest absolute Gasteiger partial charge is 0.330 e. The highest BCUT2D eigenvalue weighted by Crippen LogP contribution is 2.37. The molecule has 0 saturated carbocycles. The van der Waals surface area contributed by atoms with Crippen LogP contribution in [-0.4, -0.2) is 35.9 Å². The fraction of sp³-hybridized carbons (Fsp3) is 0.346. The summed E-state index contributed by atoms with van der Waals surface area (Å²) >= 11 is 0. The van der Waals surface area contributed by atoms with Crippen LogP contribution in [0.15, 0.2) is 40.1 Å². The van der Waals surface area contributed by atoms with Crippen LogP contribution in [0.4, 0.5) is 10.5 Å². The summed E-state index contributed by atoms with van der Waals surface area (Å²) in [6.07, 6.45) is 0.482. The van der Waals surface area contributed by atoms with E-state index < -0.39 is 13.1 Å². The van der Waals surface area contributed by atoms with Gasteiger partial charge in [-0.1, -0.05) is 17.7 Å². The first-order valence-corrected chi connectivity index (χ1v) is 11.3. The maximum atomic E-state index is 13.7. The number of fused-ring (bicyclic) bond motifs is 3. The number of nitrogens with one attached hydrogen (secondary N) is 1. The van der Waals surface area contributed by atoms with Crippen LogP contribution < -0.4 is 31.7 Å². The second kappa shape index (κ2) is 9.69. The number of nitrogens with two attached hydrogens (primary N) is 1. The van der Waals surface area contributed by atoms with Crippen molar-refractivity contribution in [2.24, 2.45) is 10.7 Å². The van der Waals surface area contributed by atoms with E-state index >= 15 is 0 Å². The Hall–Kier alpha value is -4.01. The molecule has 2 amide bonds. The molecule has 9 nitrogen and oxygen atoms in total. The molecule has 184 valence electrons. The van der Waals surface area contributed by atoms with Crippen LogP contribution >= 0.6 is 0 Å². The third kappa shape index (κ3) is 4.66. The van der Waals surface area contributed by atoms with Crippen LogP contribution in [0.2, 0.25) is 0 Å². The molecule has 3 N–H and O–H groups in total. The van der Waals surface area contributed by atoms with Crippen LogP contribution in [0, 0.1) is 20.8 Å². The molecule has 0 bridgehead atoms. The quantitative estimate of drug-likeness (QED) is 0.565. The Morgan fingerprint density at radius 2 is 1.86 bits per heavy atom. The number of benzene rings is 2. The lowest BCUT2D eigenvalue weighted by Crippen LogP contribution is -2.44. The molecular weight excluding hydrogens is 446 g/mol. The summed E-state index contributed by atoms with van der Waals surface area (Å²) in [6, 6.07) is 8.55. The number of nitrogens with zero attached hydrogens (tertiary/aromatic N) is 3. The highest BCUT2D eigenvalue weighted by molar-refractivity contribution is 5.71. The molecule has 2 aromatic carbocycles. The van der Waals surface area contributed by atoms with E-state index in [0.717, 1.165) is 33.5 Å². The minimum Gasteiger partial charge on any atom is -0.493 e. The summed E-state index contributed by atoms with van der Waals surface area (Å²) in [7, 11) is -1.20. The summed E-state index contributed by atoms with van der Waals surface area (Å²) < 4.78 is 36.2. The lowest BCUT2D eigenvalue weighted by atomic mass is 9.97. The summed E-state index contributed by atoms with van der Waals surface area (Å²) in [5, 5.41) is 2.53. The average Bonchev–Trinajstić information content (AvgIpc) is 2.81. The minimum atomic E-state index is -2.63. The number of rotatable bonds is 6. The second-order valence-corrected chi connectivity index (χ2v) is 8.64. The number of carbonyl (C=O) groups excluding carboxylic acids is 1. The van der Waals surface area contributed by atoms with E-state index in [9.17, 15) is 9.59 Å². The summed E-state index contributed by atoms with van der Waals surface area (Å²) in [5.41, 5.74) is 11.3. The largest absolute Gasteiger partial charge is 0.493 e. The number of aromatic nitrogens is 2. The molecule has 1 aliphatic rings. The lowest BCUT2D eigenvalue weighted by Gasteiger charge is -2.24. The number of amides is 2. The average molecular weight is 481 g/mol. The van der Waals surface area contributed by atoms with Crippen molar-refractivity contribution in [1.82, 2.24) is 14.5 Å². The van der Waals surface area contributed by atoms with Gasteiger partial charge in [-0.15, -0.1) is 0 Å². The molecular formula is C26H31N5O4. The van der Waals surface area contributed by atoms with E-state index in [1.165, 1.54) is 11.7 Å². The predicted molar refractivity (Wildman–Crippen MR) is 134 cm³/mol. The number of carbonyl (C=O) groups is 1. The van der Waals surface area contributed by atoms with Gasteiger partial charge >= 0.3 is 11.7 Å². The minimum absolute atomic E-state index is 0.112. The van der Waals surface area contributed by atoms with E-state index in [2.05, 4.69) is 5.32 Å². The zero-order valence-corrected chi connectivity index (χ0v) is 20.3. The summed E-state index contributed by atoms with van der Waals surface area (Å²) in [6.45, 7) is 6.65. The van der Waals surface area contributed by atoms with Gasteiger partial charge in [0.1, 0.15) is 5.49 Å². The molecule has 3 aromatic rings. The first-order chi connectivity index (χ1) is 17.9. The van der Waals surface area contributed by atoms with Gasteiger partial charge in [0.2, 0.25) is 0 Å². The molecule has 1 aromatic heterocycles. The normalized spacial score (nSPS) is 14.3. The van der Waals surface area contributed by atoms with E-state index in [4.69, 9.17) is 24.3 Å². The van der Waals surface area contributed by atoms with Gasteiger partial charge in [0.05, 0.1) is 29.6 Å². The monoisotopic (exact) mass is 480 g/mol. The number of aryl methyl sites for hydroxylation is 4. The van der Waals surface area contributed by atoms with E-state index in [-0.39, 0.29) is 30.3 Å². The number of ether oxygens (including phenoxy) is 2. The number of methoxy groups -OCH3 is 2. The zero-order chi connectivity index (χ0) is 27.8. The molecule has 0 radical (unpaired) electrons. The Balaban J connectivity index is 1.95. The Morgan fingerprint density at radius 1 is 1.14 bits per heavy atom. The molecule has 2 heterocycles. The first kappa shape index (κ1) is 20.4. The van der Waals surface area contributed by atoms with Crippen molar-refractivity contribution in [2.45, 2.75) is 40.3 Å². The standard InChI is InChI=1S/C26H31N5O4/c1-15-10-16(2)24(17(3)11-15)29-23-14-20-19-13-22(35-5)21(34-4)12-18(19)6-8-30(20)26(33)31(23)9-7-28-25(27)32/h10-14H,6-9H2,1-5H3,(H3,27,28,32)/b29-23+/i4D3. The van der Waals surface area contributed by atoms with E-state index in [1.54, 1.807) is 16.7 Å². The number of urea groups is 1. The molecule has 0 atom stereocenters. The van der Waals surface area contributed by atoms with Gasteiger partial charge in [-0.25, -0.2) is 14.6 Å². The molecule has 1 aliphatic heterocycles. The molecule has 4 rings (SSSR count). The third-order valence-electron chi connectivity index (χ3n) is 6.17. The Kier molecular flexibility index (Phi) is 5.64. The van der Waals surface area contributed by atoms with Gasteiger partial charge in [-0.2, -0.15) is 0 Å². The van der Waals surface area contributed by atoms with Gasteiger partial charge in [-0.05, 0) is 56.0 Å². The van der Waals surface area contributed by atoms with E-state index in [0.29, 0.717) is 24.1 Å². The molecule has 0 spiro atoms. The van der Waals surface area contributed by atoms with Crippen molar-refractivity contribution in [2.75, 3.05) is 20.7 Å². The van der Waals surface area contributed by atoms with Crippen LogP contribution in [0.25, 0.3) is 11.3 Å². The highest BCUT2D eigenvalue weighted by Gasteiger charge is 2.22. The van der Waals surface area contributed by atoms with Crippen LogP contribution in [0.5, 0.6) is 11.5 Å². The van der Waals surface area contributed by atoms with Gasteiger partial charge in [0.25, 0.3) is 0 Å². The van der Waals surface area contributed by atoms with Gasteiger partial charge in [0, 0.05) is 31.3 Å². The van der Waals surface area contributed by atoms with E-state index in [1.807, 2.05) is 39.0 Å².